The minimum absolute atomic E-state index is 0.279. The molecule has 0 spiro atoms. The first-order valence-electron chi connectivity index (χ1n) is 8.06. The maximum Gasteiger partial charge on any atom is 0.241 e. The van der Waals surface area contributed by atoms with Crippen LogP contribution in [0.1, 0.15) is 18.5 Å². The molecule has 1 fully saturated rings. The van der Waals surface area contributed by atoms with Gasteiger partial charge >= 0.3 is 0 Å². The summed E-state index contributed by atoms with van der Waals surface area (Å²) in [5, 5.41) is 0. The van der Waals surface area contributed by atoms with Gasteiger partial charge in [-0.05, 0) is 36.8 Å². The number of morpholine rings is 1. The normalized spacial score (nSPS) is 16.8. The average Bonchev–Trinajstić information content (AvgIpc) is 2.63. The number of sulfonamides is 1. The van der Waals surface area contributed by atoms with Crippen molar-refractivity contribution in [2.24, 2.45) is 0 Å². The van der Waals surface area contributed by atoms with E-state index >= 15 is 0 Å². The van der Waals surface area contributed by atoms with Gasteiger partial charge in [0.05, 0.1) is 18.1 Å². The molecule has 128 valence electrons. The Labute approximate surface area is 143 Å². The Bertz CT molecular complexity index is 755. The van der Waals surface area contributed by atoms with Crippen molar-refractivity contribution in [2.45, 2.75) is 17.9 Å². The molecule has 2 aromatic carbocycles. The van der Waals surface area contributed by atoms with Crippen molar-refractivity contribution in [3.63, 3.8) is 0 Å². The number of nitrogens with zero attached hydrogens (tertiary/aromatic N) is 1. The van der Waals surface area contributed by atoms with Gasteiger partial charge in [-0.25, -0.2) is 13.1 Å². The van der Waals surface area contributed by atoms with Crippen LogP contribution in [-0.2, 0) is 14.8 Å². The van der Waals surface area contributed by atoms with Crippen molar-refractivity contribution >= 4 is 15.7 Å². The highest BCUT2D eigenvalue weighted by molar-refractivity contribution is 7.89. The number of rotatable bonds is 5. The fourth-order valence-corrected chi connectivity index (χ4v) is 4.02. The van der Waals surface area contributed by atoms with Gasteiger partial charge in [-0.2, -0.15) is 0 Å². The van der Waals surface area contributed by atoms with Crippen LogP contribution in [0.15, 0.2) is 59.5 Å². The van der Waals surface area contributed by atoms with Crippen LogP contribution in [0, 0.1) is 0 Å². The summed E-state index contributed by atoms with van der Waals surface area (Å²) in [6, 6.07) is 16.1. The average molecular weight is 346 g/mol. The number of hydrogen-bond donors (Lipinski definition) is 1. The predicted octanol–water partition coefficient (Wildman–Crippen LogP) is 2.56. The molecule has 0 saturated carbocycles. The first kappa shape index (κ1) is 17.0. The smallest absolute Gasteiger partial charge is 0.241 e. The molecule has 0 aromatic heterocycles. The number of anilines is 1. The summed E-state index contributed by atoms with van der Waals surface area (Å²) in [5.74, 6) is 0. The molecule has 0 unspecified atom stereocenters. The van der Waals surface area contributed by atoms with Gasteiger partial charge in [0.25, 0.3) is 0 Å². The summed E-state index contributed by atoms with van der Waals surface area (Å²) < 4.78 is 32.9. The zero-order valence-corrected chi connectivity index (χ0v) is 14.5. The molecule has 5 nitrogen and oxygen atoms in total. The number of ether oxygens (including phenoxy) is 1. The first-order chi connectivity index (χ1) is 11.6. The lowest BCUT2D eigenvalue weighted by atomic mass is 10.1. The number of hydrogen-bond acceptors (Lipinski definition) is 4. The molecule has 0 aliphatic carbocycles. The summed E-state index contributed by atoms with van der Waals surface area (Å²) in [4.78, 5) is 2.55. The highest BCUT2D eigenvalue weighted by Crippen LogP contribution is 2.21. The lowest BCUT2D eigenvalue weighted by Crippen LogP contribution is -2.36. The maximum atomic E-state index is 12.4. The molecule has 1 saturated heterocycles. The number of nitrogens with one attached hydrogen (secondary N) is 1. The maximum absolute atomic E-state index is 12.4. The van der Waals surface area contributed by atoms with Crippen LogP contribution < -0.4 is 9.62 Å². The fourth-order valence-electron chi connectivity index (χ4n) is 2.76. The zero-order chi connectivity index (χ0) is 17.0. The third-order valence-electron chi connectivity index (χ3n) is 4.15. The molecule has 1 atom stereocenters. The fraction of sp³-hybridized carbons (Fsp3) is 0.333. The van der Waals surface area contributed by atoms with E-state index in [1.165, 1.54) is 0 Å². The second-order valence-corrected chi connectivity index (χ2v) is 7.56. The van der Waals surface area contributed by atoms with Gasteiger partial charge in [-0.1, -0.05) is 30.3 Å². The van der Waals surface area contributed by atoms with Crippen molar-refractivity contribution in [1.29, 1.82) is 0 Å². The molecule has 2 aromatic rings. The SMILES string of the molecule is C[C@H](NS(=O)(=O)c1ccccc1)c1ccc(N2CCOCC2)cc1. The van der Waals surface area contributed by atoms with E-state index in [1.54, 1.807) is 30.3 Å². The van der Waals surface area contributed by atoms with E-state index in [-0.39, 0.29) is 10.9 Å². The van der Waals surface area contributed by atoms with Crippen LogP contribution in [-0.4, -0.2) is 34.7 Å². The summed E-state index contributed by atoms with van der Waals surface area (Å²) in [7, 11) is -3.52. The topological polar surface area (TPSA) is 58.6 Å². The quantitative estimate of drug-likeness (QED) is 0.904. The van der Waals surface area contributed by atoms with E-state index in [9.17, 15) is 8.42 Å². The van der Waals surface area contributed by atoms with Crippen molar-refractivity contribution in [1.82, 2.24) is 4.72 Å². The van der Waals surface area contributed by atoms with Gasteiger partial charge in [-0.3, -0.25) is 0 Å². The van der Waals surface area contributed by atoms with E-state index < -0.39 is 10.0 Å². The third-order valence-corrected chi connectivity index (χ3v) is 5.71. The Morgan fingerprint density at radius 3 is 2.25 bits per heavy atom. The molecule has 24 heavy (non-hydrogen) atoms. The van der Waals surface area contributed by atoms with Crippen LogP contribution in [0.4, 0.5) is 5.69 Å². The van der Waals surface area contributed by atoms with Gasteiger partial charge < -0.3 is 9.64 Å². The predicted molar refractivity (Wildman–Crippen MR) is 94.7 cm³/mol. The molecule has 3 rings (SSSR count). The minimum atomic E-state index is -3.52. The van der Waals surface area contributed by atoms with Crippen molar-refractivity contribution in [3.8, 4) is 0 Å². The Morgan fingerprint density at radius 1 is 1.00 bits per heavy atom. The van der Waals surface area contributed by atoms with Crippen molar-refractivity contribution < 1.29 is 13.2 Å². The summed E-state index contributed by atoms with van der Waals surface area (Å²) in [6.45, 7) is 5.11. The molecule has 0 amide bonds. The Balaban J connectivity index is 1.70. The van der Waals surface area contributed by atoms with E-state index in [0.29, 0.717) is 0 Å². The Morgan fingerprint density at radius 2 is 1.62 bits per heavy atom. The van der Waals surface area contributed by atoms with E-state index in [1.807, 2.05) is 31.2 Å². The molecule has 6 heteroatoms. The van der Waals surface area contributed by atoms with Gasteiger partial charge in [0.2, 0.25) is 10.0 Å². The summed E-state index contributed by atoms with van der Waals surface area (Å²) in [5.41, 5.74) is 2.08. The molecule has 0 radical (unpaired) electrons. The van der Waals surface area contributed by atoms with E-state index in [0.717, 1.165) is 37.6 Å². The van der Waals surface area contributed by atoms with Crippen LogP contribution in [0.3, 0.4) is 0 Å². The highest BCUT2D eigenvalue weighted by atomic mass is 32.2. The van der Waals surface area contributed by atoms with Gasteiger partial charge in [-0.15, -0.1) is 0 Å². The Hall–Kier alpha value is -1.89. The van der Waals surface area contributed by atoms with Crippen molar-refractivity contribution in [3.05, 3.63) is 60.2 Å². The molecular formula is C18H22N2O3S. The Kier molecular flexibility index (Phi) is 5.18. The molecule has 1 N–H and O–H groups in total. The molecule has 0 bridgehead atoms. The van der Waals surface area contributed by atoms with Crippen LogP contribution in [0.2, 0.25) is 0 Å². The standard InChI is InChI=1S/C18H22N2O3S/c1-15(19-24(21,22)18-5-3-2-4-6-18)16-7-9-17(10-8-16)20-11-13-23-14-12-20/h2-10,15,19H,11-14H2,1H3/t15-/m0/s1. The van der Waals surface area contributed by atoms with Gasteiger partial charge in [0.15, 0.2) is 0 Å². The third kappa shape index (κ3) is 3.95. The van der Waals surface area contributed by atoms with Crippen LogP contribution in [0.5, 0.6) is 0 Å². The first-order valence-corrected chi connectivity index (χ1v) is 9.54. The monoisotopic (exact) mass is 346 g/mol. The highest BCUT2D eigenvalue weighted by Gasteiger charge is 2.18. The lowest BCUT2D eigenvalue weighted by Gasteiger charge is -2.29. The van der Waals surface area contributed by atoms with Crippen LogP contribution >= 0.6 is 0 Å². The molecule has 1 aliphatic rings. The number of benzene rings is 2. The largest absolute Gasteiger partial charge is 0.378 e. The molecular weight excluding hydrogens is 324 g/mol. The molecule has 1 aliphatic heterocycles. The van der Waals surface area contributed by atoms with Gasteiger partial charge in [0.1, 0.15) is 0 Å². The van der Waals surface area contributed by atoms with E-state index in [2.05, 4.69) is 9.62 Å². The summed E-state index contributed by atoms with van der Waals surface area (Å²) in [6.07, 6.45) is 0. The van der Waals surface area contributed by atoms with Crippen molar-refractivity contribution in [2.75, 3.05) is 31.2 Å². The minimum Gasteiger partial charge on any atom is -0.378 e. The van der Waals surface area contributed by atoms with Crippen LogP contribution in [0.25, 0.3) is 0 Å². The lowest BCUT2D eigenvalue weighted by molar-refractivity contribution is 0.122. The second kappa shape index (κ2) is 7.34. The second-order valence-electron chi connectivity index (χ2n) is 5.85. The van der Waals surface area contributed by atoms with E-state index in [4.69, 9.17) is 4.74 Å². The molecule has 1 heterocycles. The summed E-state index contributed by atoms with van der Waals surface area (Å²) >= 11 is 0. The van der Waals surface area contributed by atoms with Gasteiger partial charge in [0, 0.05) is 24.8 Å². The zero-order valence-electron chi connectivity index (χ0n) is 13.7.